The van der Waals surface area contributed by atoms with Crippen LogP contribution in [0.1, 0.15) is 21.8 Å². The summed E-state index contributed by atoms with van der Waals surface area (Å²) in [7, 11) is 3.98. The normalized spacial score (nSPS) is 11.0. The van der Waals surface area contributed by atoms with E-state index in [2.05, 4.69) is 34.5 Å². The molecule has 0 atom stereocenters. The summed E-state index contributed by atoms with van der Waals surface area (Å²) in [6, 6.07) is 12.2. The van der Waals surface area contributed by atoms with Crippen molar-refractivity contribution in [3.8, 4) is 0 Å². The van der Waals surface area contributed by atoms with Gasteiger partial charge in [0, 0.05) is 38.3 Å². The van der Waals surface area contributed by atoms with Gasteiger partial charge in [-0.25, -0.2) is 0 Å². The molecule has 0 saturated heterocycles. The summed E-state index contributed by atoms with van der Waals surface area (Å²) in [5.74, 6) is -0.00189. The highest BCUT2D eigenvalue weighted by molar-refractivity contribution is 7.20. The summed E-state index contributed by atoms with van der Waals surface area (Å²) in [4.78, 5) is 16.3. The molecule has 0 fully saturated rings. The lowest BCUT2D eigenvalue weighted by atomic mass is 10.3. The van der Waals surface area contributed by atoms with E-state index in [1.165, 1.54) is 17.0 Å². The second-order valence-electron chi connectivity index (χ2n) is 5.91. The molecule has 0 aliphatic carbocycles. The molecule has 0 unspecified atom stereocenters. The number of hydrogen-bond acceptors (Lipinski definition) is 4. The fraction of sp³-hybridized carbons (Fsp3) is 0.333. The average molecular weight is 342 g/mol. The van der Waals surface area contributed by atoms with Gasteiger partial charge in [-0.15, -0.1) is 11.3 Å². The molecule has 24 heavy (non-hydrogen) atoms. The molecule has 3 rings (SSSR count). The Morgan fingerprint density at radius 3 is 2.79 bits per heavy atom. The van der Waals surface area contributed by atoms with Gasteiger partial charge in [-0.05, 0) is 31.5 Å². The zero-order valence-corrected chi connectivity index (χ0v) is 15.1. The molecule has 0 aliphatic heterocycles. The third-order valence-electron chi connectivity index (χ3n) is 4.07. The summed E-state index contributed by atoms with van der Waals surface area (Å²) in [6.07, 6.45) is 0.905. The van der Waals surface area contributed by atoms with Crippen LogP contribution in [0.2, 0.25) is 0 Å². The number of para-hydroxylation sites is 1. The van der Waals surface area contributed by atoms with E-state index in [1.807, 2.05) is 42.9 Å². The van der Waals surface area contributed by atoms with Gasteiger partial charge in [0.05, 0.1) is 10.6 Å². The van der Waals surface area contributed by atoms with Crippen molar-refractivity contribution in [3.63, 3.8) is 0 Å². The highest BCUT2D eigenvalue weighted by Gasteiger charge is 2.14. The Hall–Kier alpha value is -2.34. The van der Waals surface area contributed by atoms with E-state index in [-0.39, 0.29) is 5.91 Å². The maximum absolute atomic E-state index is 12.3. The molecule has 126 valence electrons. The van der Waals surface area contributed by atoms with Gasteiger partial charge >= 0.3 is 0 Å². The molecule has 0 spiro atoms. The second kappa shape index (κ2) is 7.05. The predicted octanol–water partition coefficient (Wildman–Crippen LogP) is 3.20. The largest absolute Gasteiger partial charge is 0.375 e. The van der Waals surface area contributed by atoms with Crippen molar-refractivity contribution >= 4 is 33.1 Å². The number of rotatable bonds is 6. The van der Waals surface area contributed by atoms with Crippen molar-refractivity contribution in [2.45, 2.75) is 13.3 Å². The summed E-state index contributed by atoms with van der Waals surface area (Å²) < 4.78 is 1.83. The zero-order valence-electron chi connectivity index (χ0n) is 14.2. The molecule has 1 amide bonds. The van der Waals surface area contributed by atoms with E-state index in [9.17, 15) is 4.79 Å². The lowest BCUT2D eigenvalue weighted by Gasteiger charge is -2.19. The third-order valence-corrected chi connectivity index (χ3v) is 5.27. The number of hydrogen-bond donors (Lipinski definition) is 1. The number of thiophene rings is 1. The van der Waals surface area contributed by atoms with Crippen LogP contribution in [0.5, 0.6) is 0 Å². The van der Waals surface area contributed by atoms with Gasteiger partial charge in [0.2, 0.25) is 0 Å². The van der Waals surface area contributed by atoms with Crippen molar-refractivity contribution in [1.82, 2.24) is 15.1 Å². The lowest BCUT2D eigenvalue weighted by Crippen LogP contribution is -2.27. The Balaban J connectivity index is 1.51. The number of amides is 1. The number of carbonyl (C=O) groups is 1. The first kappa shape index (κ1) is 16.5. The first-order valence-electron chi connectivity index (χ1n) is 8.04. The monoisotopic (exact) mass is 342 g/mol. The number of benzene rings is 1. The van der Waals surface area contributed by atoms with Crippen LogP contribution >= 0.6 is 11.3 Å². The van der Waals surface area contributed by atoms with Gasteiger partial charge in [-0.2, -0.15) is 5.10 Å². The summed E-state index contributed by atoms with van der Waals surface area (Å²) in [5, 5.41) is 8.44. The Morgan fingerprint density at radius 1 is 1.33 bits per heavy atom. The molecule has 0 radical (unpaired) electrons. The second-order valence-corrected chi connectivity index (χ2v) is 6.94. The van der Waals surface area contributed by atoms with Crippen molar-refractivity contribution < 1.29 is 4.79 Å². The summed E-state index contributed by atoms with van der Waals surface area (Å²) >= 11 is 1.49. The van der Waals surface area contributed by atoms with Crippen LogP contribution in [0.25, 0.3) is 10.2 Å². The van der Waals surface area contributed by atoms with Crippen molar-refractivity contribution in [3.05, 3.63) is 47.0 Å². The van der Waals surface area contributed by atoms with Crippen LogP contribution in [-0.4, -0.2) is 35.8 Å². The lowest BCUT2D eigenvalue weighted by molar-refractivity contribution is 0.0957. The molecule has 0 aliphatic rings. The van der Waals surface area contributed by atoms with E-state index in [4.69, 9.17) is 0 Å². The predicted molar refractivity (Wildman–Crippen MR) is 100.0 cm³/mol. The molecule has 5 nitrogen and oxygen atoms in total. The topological polar surface area (TPSA) is 50.2 Å². The first-order valence-corrected chi connectivity index (χ1v) is 8.85. The number of nitrogens with one attached hydrogen (secondary N) is 1. The van der Waals surface area contributed by atoms with Gasteiger partial charge in [-0.3, -0.25) is 9.48 Å². The Kier molecular flexibility index (Phi) is 4.85. The van der Waals surface area contributed by atoms with Crippen molar-refractivity contribution in [1.29, 1.82) is 0 Å². The Labute approximate surface area is 145 Å². The van der Waals surface area contributed by atoms with E-state index >= 15 is 0 Å². The number of aromatic nitrogens is 2. The highest BCUT2D eigenvalue weighted by Crippen LogP contribution is 2.27. The molecule has 2 heterocycles. The van der Waals surface area contributed by atoms with Gasteiger partial charge in [0.15, 0.2) is 0 Å². The minimum Gasteiger partial charge on any atom is -0.375 e. The Bertz CT molecular complexity index is 803. The van der Waals surface area contributed by atoms with Crippen LogP contribution in [0.15, 0.2) is 36.4 Å². The fourth-order valence-electron chi connectivity index (χ4n) is 2.73. The van der Waals surface area contributed by atoms with Gasteiger partial charge in [-0.1, -0.05) is 18.2 Å². The maximum atomic E-state index is 12.3. The van der Waals surface area contributed by atoms with Crippen LogP contribution in [-0.2, 0) is 7.05 Å². The Morgan fingerprint density at radius 2 is 2.08 bits per heavy atom. The zero-order chi connectivity index (χ0) is 17.1. The van der Waals surface area contributed by atoms with Gasteiger partial charge in [0.25, 0.3) is 5.91 Å². The SMILES string of the molecule is Cc1nn(C)c2sc(C(=O)NCCCN(C)c3ccccc3)cc12. The average Bonchev–Trinajstić information content (AvgIpc) is 3.14. The molecule has 0 bridgehead atoms. The first-order chi connectivity index (χ1) is 11.6. The third kappa shape index (κ3) is 3.43. The smallest absolute Gasteiger partial charge is 0.261 e. The molecule has 1 N–H and O–H groups in total. The molecule has 6 heteroatoms. The number of nitrogens with zero attached hydrogens (tertiary/aromatic N) is 3. The van der Waals surface area contributed by atoms with Crippen LogP contribution in [0.3, 0.4) is 0 Å². The molecule has 2 aromatic heterocycles. The van der Waals surface area contributed by atoms with E-state index in [0.717, 1.165) is 33.8 Å². The van der Waals surface area contributed by atoms with Crippen molar-refractivity contribution in [2.75, 3.05) is 25.0 Å². The summed E-state index contributed by atoms with van der Waals surface area (Å²) in [6.45, 7) is 3.54. The number of carbonyl (C=O) groups excluding carboxylic acids is 1. The molecule has 1 aromatic carbocycles. The van der Waals surface area contributed by atoms with Crippen LogP contribution in [0, 0.1) is 6.92 Å². The minimum atomic E-state index is -0.00189. The fourth-order valence-corrected chi connectivity index (χ4v) is 3.77. The van der Waals surface area contributed by atoms with Gasteiger partial charge < -0.3 is 10.2 Å². The highest BCUT2D eigenvalue weighted by atomic mass is 32.1. The molecular formula is C18H22N4OS. The van der Waals surface area contributed by atoms with E-state index in [0.29, 0.717) is 6.54 Å². The van der Waals surface area contributed by atoms with E-state index in [1.54, 1.807) is 0 Å². The molecule has 3 aromatic rings. The standard InChI is InChI=1S/C18H22N4OS/c1-13-15-12-16(24-18(15)22(3)20-13)17(23)19-10-7-11-21(2)14-8-5-4-6-9-14/h4-6,8-9,12H,7,10-11H2,1-3H3,(H,19,23). The minimum absolute atomic E-state index is 0.00189. The maximum Gasteiger partial charge on any atom is 0.261 e. The molecule has 0 saturated carbocycles. The number of aryl methyl sites for hydroxylation is 2. The van der Waals surface area contributed by atoms with E-state index < -0.39 is 0 Å². The van der Waals surface area contributed by atoms with Gasteiger partial charge in [0.1, 0.15) is 4.83 Å². The number of anilines is 1. The van der Waals surface area contributed by atoms with Crippen LogP contribution < -0.4 is 10.2 Å². The molecular weight excluding hydrogens is 320 g/mol. The van der Waals surface area contributed by atoms with Crippen molar-refractivity contribution in [2.24, 2.45) is 7.05 Å². The summed E-state index contributed by atoms with van der Waals surface area (Å²) in [5.41, 5.74) is 2.16. The quantitative estimate of drug-likeness (QED) is 0.700. The number of fused-ring (bicyclic) bond motifs is 1. The van der Waals surface area contributed by atoms with Crippen LogP contribution in [0.4, 0.5) is 5.69 Å².